The number of aromatic nitrogens is 2. The van der Waals surface area contributed by atoms with Crippen LogP contribution in [0, 0.1) is 24.1 Å². The molecule has 166 valence electrons. The molecule has 1 saturated heterocycles. The molecule has 32 heavy (non-hydrogen) atoms. The van der Waals surface area contributed by atoms with E-state index in [1.807, 2.05) is 13.0 Å². The zero-order chi connectivity index (χ0) is 23.2. The van der Waals surface area contributed by atoms with Crippen molar-refractivity contribution in [1.82, 2.24) is 14.5 Å². The molecule has 0 amide bonds. The summed E-state index contributed by atoms with van der Waals surface area (Å²) in [6, 6.07) is 12.5. The first-order chi connectivity index (χ1) is 15.2. The minimum atomic E-state index is -0.175. The molecule has 3 aromatic rings. The Kier molecular flexibility index (Phi) is 5.74. The van der Waals surface area contributed by atoms with Crippen molar-refractivity contribution in [3.8, 4) is 6.07 Å². The Bertz CT molecular complexity index is 1260. The largest absolute Gasteiger partial charge is 0.364 e. The number of hydrogen-bond acceptors (Lipinski definition) is 5. The molecule has 1 aliphatic heterocycles. The van der Waals surface area contributed by atoms with Crippen LogP contribution in [0.4, 0.5) is 10.1 Å². The quantitative estimate of drug-likeness (QED) is 0.627. The summed E-state index contributed by atoms with van der Waals surface area (Å²) in [7, 11) is 1.71. The zero-order valence-corrected chi connectivity index (χ0v) is 19.1. The molecule has 7 heteroatoms. The van der Waals surface area contributed by atoms with Crippen molar-refractivity contribution in [3.63, 3.8) is 0 Å². The van der Waals surface area contributed by atoms with Gasteiger partial charge in [-0.25, -0.2) is 9.37 Å². The lowest BCUT2D eigenvalue weighted by molar-refractivity contribution is 0.117. The number of halogens is 1. The average Bonchev–Trinajstić information content (AvgIpc) is 2.77. The van der Waals surface area contributed by atoms with Gasteiger partial charge in [0.05, 0.1) is 11.2 Å². The SMILES string of the molecule is Cc1cccc(F)c1C(C)N1C[C@H](C)N(c2cc(=O)n(C)c3ccc(C#N)nc23)C[C@H]1C. The molecule has 1 fully saturated rings. The van der Waals surface area contributed by atoms with Gasteiger partial charge in [0, 0.05) is 49.9 Å². The van der Waals surface area contributed by atoms with Crippen molar-refractivity contribution >= 4 is 16.7 Å². The minimum absolute atomic E-state index is 0.0699. The maximum atomic E-state index is 14.6. The van der Waals surface area contributed by atoms with Gasteiger partial charge in [-0.15, -0.1) is 0 Å². The number of fused-ring (bicyclic) bond motifs is 1. The van der Waals surface area contributed by atoms with E-state index in [9.17, 15) is 14.4 Å². The van der Waals surface area contributed by atoms with Gasteiger partial charge in [-0.1, -0.05) is 12.1 Å². The fraction of sp³-hybridized carbons (Fsp3) is 0.400. The van der Waals surface area contributed by atoms with Gasteiger partial charge in [0.2, 0.25) is 0 Å². The molecular weight excluding hydrogens is 405 g/mol. The smallest absolute Gasteiger partial charge is 0.252 e. The Morgan fingerprint density at radius 3 is 2.62 bits per heavy atom. The summed E-state index contributed by atoms with van der Waals surface area (Å²) < 4.78 is 16.2. The number of nitrogens with zero attached hydrogens (tertiary/aromatic N) is 5. The Labute approximate surface area is 187 Å². The van der Waals surface area contributed by atoms with Crippen molar-refractivity contribution < 1.29 is 4.39 Å². The van der Waals surface area contributed by atoms with Crippen molar-refractivity contribution in [2.45, 2.75) is 45.8 Å². The van der Waals surface area contributed by atoms with Crippen LogP contribution in [0.1, 0.15) is 43.6 Å². The van der Waals surface area contributed by atoms with E-state index in [-0.39, 0.29) is 29.5 Å². The highest BCUT2D eigenvalue weighted by atomic mass is 19.1. The van der Waals surface area contributed by atoms with Crippen LogP contribution < -0.4 is 10.5 Å². The second kappa shape index (κ2) is 8.36. The standard InChI is InChI=1S/C25H28FN5O/c1-15-7-6-8-20(26)24(15)18(4)30-13-17(3)31(14-16(30)2)22-11-23(32)29(5)21-10-9-19(12-27)28-25(21)22/h6-11,16-18H,13-14H2,1-5H3/t16-,17+,18?/m1/s1. The molecule has 3 heterocycles. The molecule has 0 bridgehead atoms. The van der Waals surface area contributed by atoms with Gasteiger partial charge in [-0.2, -0.15) is 5.26 Å². The van der Waals surface area contributed by atoms with E-state index in [1.165, 1.54) is 6.07 Å². The lowest BCUT2D eigenvalue weighted by Gasteiger charge is -2.48. The average molecular weight is 434 g/mol. The van der Waals surface area contributed by atoms with Crippen LogP contribution >= 0.6 is 0 Å². The lowest BCUT2D eigenvalue weighted by Crippen LogP contribution is -2.57. The van der Waals surface area contributed by atoms with E-state index in [0.29, 0.717) is 29.8 Å². The van der Waals surface area contributed by atoms with E-state index >= 15 is 0 Å². The molecule has 0 spiro atoms. The molecule has 2 aromatic heterocycles. The third-order valence-electron chi connectivity index (χ3n) is 6.71. The van der Waals surface area contributed by atoms with E-state index in [1.54, 1.807) is 35.9 Å². The van der Waals surface area contributed by atoms with Crippen molar-refractivity contribution in [2.75, 3.05) is 18.0 Å². The highest BCUT2D eigenvalue weighted by Crippen LogP contribution is 2.34. The summed E-state index contributed by atoms with van der Waals surface area (Å²) in [5.74, 6) is -0.175. The summed E-state index contributed by atoms with van der Waals surface area (Å²) >= 11 is 0. The van der Waals surface area contributed by atoms with Crippen molar-refractivity contribution in [1.29, 1.82) is 5.26 Å². The van der Waals surface area contributed by atoms with Crippen LogP contribution in [0.25, 0.3) is 11.0 Å². The molecule has 0 N–H and O–H groups in total. The Morgan fingerprint density at radius 2 is 1.94 bits per heavy atom. The number of hydrogen-bond donors (Lipinski definition) is 0. The van der Waals surface area contributed by atoms with E-state index in [4.69, 9.17) is 0 Å². The van der Waals surface area contributed by atoms with Gasteiger partial charge in [0.1, 0.15) is 23.1 Å². The summed E-state index contributed by atoms with van der Waals surface area (Å²) in [5.41, 5.74) is 3.98. The third kappa shape index (κ3) is 3.65. The first-order valence-corrected chi connectivity index (χ1v) is 10.9. The second-order valence-electron chi connectivity index (χ2n) is 8.80. The monoisotopic (exact) mass is 433 g/mol. The fourth-order valence-electron chi connectivity index (χ4n) is 4.96. The van der Waals surface area contributed by atoms with E-state index < -0.39 is 0 Å². The van der Waals surface area contributed by atoms with Gasteiger partial charge in [0.15, 0.2) is 0 Å². The van der Waals surface area contributed by atoms with Crippen molar-refractivity contribution in [3.05, 3.63) is 69.4 Å². The van der Waals surface area contributed by atoms with Crippen LogP contribution in [0.2, 0.25) is 0 Å². The topological polar surface area (TPSA) is 65.2 Å². The zero-order valence-electron chi connectivity index (χ0n) is 19.1. The number of anilines is 1. The van der Waals surface area contributed by atoms with Gasteiger partial charge in [-0.05, 0) is 51.5 Å². The minimum Gasteiger partial charge on any atom is -0.364 e. The van der Waals surface area contributed by atoms with Crippen LogP contribution in [0.5, 0.6) is 0 Å². The molecule has 1 unspecified atom stereocenters. The highest BCUT2D eigenvalue weighted by Gasteiger charge is 2.34. The molecule has 4 rings (SSSR count). The highest BCUT2D eigenvalue weighted by molar-refractivity contribution is 5.89. The summed E-state index contributed by atoms with van der Waals surface area (Å²) in [4.78, 5) is 21.7. The first kappa shape index (κ1) is 22.0. The van der Waals surface area contributed by atoms with Crippen LogP contribution in [-0.4, -0.2) is 39.6 Å². The molecule has 1 aliphatic rings. The molecule has 0 saturated carbocycles. The molecule has 0 radical (unpaired) electrons. The normalized spacial score (nSPS) is 20.3. The summed E-state index contributed by atoms with van der Waals surface area (Å²) in [6.45, 7) is 9.62. The molecule has 3 atom stereocenters. The van der Waals surface area contributed by atoms with Gasteiger partial charge >= 0.3 is 0 Å². The maximum Gasteiger partial charge on any atom is 0.252 e. The number of nitriles is 1. The number of aryl methyl sites for hydroxylation is 2. The number of piperazine rings is 1. The molecule has 1 aromatic carbocycles. The Hall–Kier alpha value is -3.24. The number of benzene rings is 1. The third-order valence-corrected chi connectivity index (χ3v) is 6.71. The van der Waals surface area contributed by atoms with Gasteiger partial charge in [-0.3, -0.25) is 9.69 Å². The fourth-order valence-corrected chi connectivity index (χ4v) is 4.96. The Morgan fingerprint density at radius 1 is 1.19 bits per heavy atom. The van der Waals surface area contributed by atoms with Crippen molar-refractivity contribution in [2.24, 2.45) is 7.05 Å². The molecular formula is C25H28FN5O. The van der Waals surface area contributed by atoms with E-state index in [2.05, 4.69) is 41.6 Å². The van der Waals surface area contributed by atoms with E-state index in [0.717, 1.165) is 16.8 Å². The van der Waals surface area contributed by atoms with Crippen LogP contribution in [0.15, 0.2) is 41.2 Å². The number of rotatable bonds is 3. The predicted molar refractivity (Wildman–Crippen MR) is 124 cm³/mol. The number of pyridine rings is 2. The summed E-state index contributed by atoms with van der Waals surface area (Å²) in [6.07, 6.45) is 0. The second-order valence-corrected chi connectivity index (χ2v) is 8.80. The maximum absolute atomic E-state index is 14.6. The molecule has 0 aliphatic carbocycles. The summed E-state index contributed by atoms with van der Waals surface area (Å²) in [5, 5.41) is 9.33. The predicted octanol–water partition coefficient (Wildman–Crippen LogP) is 3.91. The first-order valence-electron chi connectivity index (χ1n) is 10.9. The van der Waals surface area contributed by atoms with Crippen LogP contribution in [0.3, 0.4) is 0 Å². The Balaban J connectivity index is 1.72. The van der Waals surface area contributed by atoms with Gasteiger partial charge in [0.25, 0.3) is 5.56 Å². The van der Waals surface area contributed by atoms with Crippen LogP contribution in [-0.2, 0) is 7.05 Å². The molecule has 6 nitrogen and oxygen atoms in total. The van der Waals surface area contributed by atoms with Gasteiger partial charge < -0.3 is 9.47 Å². The lowest BCUT2D eigenvalue weighted by atomic mass is 9.96.